The van der Waals surface area contributed by atoms with E-state index in [9.17, 15) is 14.4 Å². The number of unbranched alkanes of at least 4 members (excludes halogenated alkanes) is 2. The van der Waals surface area contributed by atoms with E-state index < -0.39 is 0 Å². The second kappa shape index (κ2) is 10.1. The molecule has 176 valence electrons. The Balaban J connectivity index is 1.62. The number of amides is 3. The van der Waals surface area contributed by atoms with Gasteiger partial charge in [0.25, 0.3) is 11.8 Å². The predicted molar refractivity (Wildman–Crippen MR) is 142 cm³/mol. The van der Waals surface area contributed by atoms with Gasteiger partial charge in [0.05, 0.1) is 16.2 Å². The summed E-state index contributed by atoms with van der Waals surface area (Å²) in [6, 6.07) is 13.1. The average molecular weight is 494 g/mol. The zero-order valence-corrected chi connectivity index (χ0v) is 21.1. The number of benzene rings is 2. The molecular formula is C26H27N3O3S2. The standard InChI is InChI=1S/C26H27N3O3S2/c1-4-5-8-14-28-25(32)23(34-26(28)33)21-18-12-6-7-13-19(18)29(24(21)31)15-20(30)27-22-16(2)10-9-11-17(22)3/h6-7,9-13H,4-5,8,14-15H2,1-3H3,(H,27,30)/b23-21-. The summed E-state index contributed by atoms with van der Waals surface area (Å²) in [6.45, 7) is 6.36. The Labute approximate surface area is 209 Å². The maximum atomic E-state index is 13.6. The lowest BCUT2D eigenvalue weighted by molar-refractivity contribution is -0.122. The highest BCUT2D eigenvalue weighted by atomic mass is 32.2. The first-order valence-electron chi connectivity index (χ1n) is 11.4. The number of hydrogen-bond acceptors (Lipinski definition) is 5. The van der Waals surface area contributed by atoms with Gasteiger partial charge in [-0.05, 0) is 37.5 Å². The summed E-state index contributed by atoms with van der Waals surface area (Å²) >= 11 is 6.63. The fourth-order valence-corrected chi connectivity index (χ4v) is 5.63. The summed E-state index contributed by atoms with van der Waals surface area (Å²) in [5.41, 5.74) is 4.26. The van der Waals surface area contributed by atoms with Crippen LogP contribution in [0.3, 0.4) is 0 Å². The summed E-state index contributed by atoms with van der Waals surface area (Å²) in [4.78, 5) is 43.1. The van der Waals surface area contributed by atoms with Crippen LogP contribution in [0.25, 0.3) is 5.57 Å². The Morgan fingerprint density at radius 1 is 0.971 bits per heavy atom. The van der Waals surface area contributed by atoms with Crippen molar-refractivity contribution in [1.82, 2.24) is 4.90 Å². The van der Waals surface area contributed by atoms with E-state index in [2.05, 4.69) is 12.2 Å². The molecule has 0 aliphatic carbocycles. The van der Waals surface area contributed by atoms with Gasteiger partial charge >= 0.3 is 0 Å². The monoisotopic (exact) mass is 493 g/mol. The molecule has 2 aromatic carbocycles. The van der Waals surface area contributed by atoms with Crippen molar-refractivity contribution in [3.05, 3.63) is 64.1 Å². The van der Waals surface area contributed by atoms with Crippen LogP contribution in [0.2, 0.25) is 0 Å². The van der Waals surface area contributed by atoms with E-state index in [4.69, 9.17) is 12.2 Å². The highest BCUT2D eigenvalue weighted by molar-refractivity contribution is 8.26. The minimum absolute atomic E-state index is 0.149. The second-order valence-electron chi connectivity index (χ2n) is 8.46. The fraction of sp³-hybridized carbons (Fsp3) is 0.308. The van der Waals surface area contributed by atoms with Crippen LogP contribution in [-0.4, -0.2) is 40.0 Å². The van der Waals surface area contributed by atoms with E-state index in [1.165, 1.54) is 16.7 Å². The van der Waals surface area contributed by atoms with Crippen LogP contribution in [0.1, 0.15) is 42.9 Å². The molecule has 1 fully saturated rings. The number of thioether (sulfide) groups is 1. The number of nitrogens with zero attached hydrogens (tertiary/aromatic N) is 2. The van der Waals surface area contributed by atoms with Crippen molar-refractivity contribution < 1.29 is 14.4 Å². The van der Waals surface area contributed by atoms with Gasteiger partial charge in [0.2, 0.25) is 5.91 Å². The van der Waals surface area contributed by atoms with E-state index in [-0.39, 0.29) is 24.3 Å². The van der Waals surface area contributed by atoms with Crippen LogP contribution in [-0.2, 0) is 14.4 Å². The zero-order chi connectivity index (χ0) is 24.4. The SMILES string of the molecule is CCCCCN1C(=O)/C(=C2/C(=O)N(CC(=O)Nc3c(C)cccc3C)c3ccccc32)SC1=S. The Morgan fingerprint density at radius 3 is 2.38 bits per heavy atom. The Morgan fingerprint density at radius 2 is 1.68 bits per heavy atom. The first kappa shape index (κ1) is 24.2. The van der Waals surface area contributed by atoms with Crippen molar-refractivity contribution >= 4 is 63.0 Å². The van der Waals surface area contributed by atoms with E-state index in [1.807, 2.05) is 50.2 Å². The summed E-state index contributed by atoms with van der Waals surface area (Å²) < 4.78 is 0.472. The van der Waals surface area contributed by atoms with Gasteiger partial charge in [-0.25, -0.2) is 0 Å². The van der Waals surface area contributed by atoms with Gasteiger partial charge in [-0.3, -0.25) is 24.2 Å². The van der Waals surface area contributed by atoms with Crippen molar-refractivity contribution in [3.8, 4) is 0 Å². The maximum absolute atomic E-state index is 13.6. The summed E-state index contributed by atoms with van der Waals surface area (Å²) in [5.74, 6) is -0.882. The molecule has 4 rings (SSSR count). The van der Waals surface area contributed by atoms with Crippen molar-refractivity contribution in [2.24, 2.45) is 0 Å². The number of hydrogen-bond donors (Lipinski definition) is 1. The molecule has 2 aliphatic rings. The number of rotatable bonds is 7. The van der Waals surface area contributed by atoms with Crippen LogP contribution < -0.4 is 10.2 Å². The van der Waals surface area contributed by atoms with Gasteiger partial charge in [0.1, 0.15) is 10.9 Å². The largest absolute Gasteiger partial charge is 0.324 e. The molecule has 0 saturated carbocycles. The minimum Gasteiger partial charge on any atom is -0.324 e. The molecule has 0 aromatic heterocycles. The van der Waals surface area contributed by atoms with Crippen LogP contribution in [0.5, 0.6) is 0 Å². The van der Waals surface area contributed by atoms with Gasteiger partial charge in [-0.2, -0.15) is 0 Å². The highest BCUT2D eigenvalue weighted by Crippen LogP contribution is 2.44. The number of carbonyl (C=O) groups is 3. The topological polar surface area (TPSA) is 69.7 Å². The lowest BCUT2D eigenvalue weighted by atomic mass is 10.1. The van der Waals surface area contributed by atoms with Crippen LogP contribution in [0.15, 0.2) is 47.4 Å². The van der Waals surface area contributed by atoms with E-state index in [0.29, 0.717) is 32.6 Å². The molecule has 0 bridgehead atoms. The summed E-state index contributed by atoms with van der Waals surface area (Å²) in [6.07, 6.45) is 2.91. The van der Waals surface area contributed by atoms with Crippen molar-refractivity contribution in [2.75, 3.05) is 23.3 Å². The fourth-order valence-electron chi connectivity index (χ4n) is 4.25. The molecule has 0 spiro atoms. The first-order chi connectivity index (χ1) is 16.3. The summed E-state index contributed by atoms with van der Waals surface area (Å²) in [5, 5.41) is 2.94. The lowest BCUT2D eigenvalue weighted by Crippen LogP contribution is -2.36. The van der Waals surface area contributed by atoms with Crippen LogP contribution >= 0.6 is 24.0 Å². The third kappa shape index (κ3) is 4.52. The average Bonchev–Trinajstić information content (AvgIpc) is 3.24. The molecule has 1 saturated heterocycles. The number of thiocarbonyl (C=S) groups is 1. The van der Waals surface area contributed by atoms with Gasteiger partial charge in [0.15, 0.2) is 0 Å². The number of nitrogens with one attached hydrogen (secondary N) is 1. The summed E-state index contributed by atoms with van der Waals surface area (Å²) in [7, 11) is 0. The smallest absolute Gasteiger partial charge is 0.267 e. The quantitative estimate of drug-likeness (QED) is 0.332. The molecule has 34 heavy (non-hydrogen) atoms. The lowest BCUT2D eigenvalue weighted by Gasteiger charge is -2.18. The van der Waals surface area contributed by atoms with Gasteiger partial charge in [0, 0.05) is 17.8 Å². The number of carbonyl (C=O) groups excluding carboxylic acids is 3. The van der Waals surface area contributed by atoms with Crippen LogP contribution in [0.4, 0.5) is 11.4 Å². The minimum atomic E-state index is -0.355. The molecule has 0 atom stereocenters. The molecule has 2 aromatic rings. The molecular weight excluding hydrogens is 466 g/mol. The molecule has 1 N–H and O–H groups in total. The second-order valence-corrected chi connectivity index (χ2v) is 10.1. The highest BCUT2D eigenvalue weighted by Gasteiger charge is 2.42. The predicted octanol–water partition coefficient (Wildman–Crippen LogP) is 5.05. The van der Waals surface area contributed by atoms with E-state index in [0.717, 1.165) is 36.1 Å². The normalized spacial score (nSPS) is 17.6. The van der Waals surface area contributed by atoms with Gasteiger partial charge in [-0.15, -0.1) is 0 Å². The molecule has 3 amide bonds. The molecule has 2 aliphatic heterocycles. The molecule has 2 heterocycles. The zero-order valence-electron chi connectivity index (χ0n) is 19.5. The maximum Gasteiger partial charge on any atom is 0.267 e. The molecule has 0 radical (unpaired) electrons. The van der Waals surface area contributed by atoms with Crippen molar-refractivity contribution in [1.29, 1.82) is 0 Å². The molecule has 8 heteroatoms. The third-order valence-electron chi connectivity index (χ3n) is 6.03. The number of para-hydroxylation sites is 2. The van der Waals surface area contributed by atoms with Crippen molar-refractivity contribution in [3.63, 3.8) is 0 Å². The number of anilines is 2. The Bertz CT molecular complexity index is 1200. The van der Waals surface area contributed by atoms with Gasteiger partial charge in [-0.1, -0.05) is 80.1 Å². The number of aryl methyl sites for hydroxylation is 2. The Hall–Kier alpha value is -2.97. The van der Waals surface area contributed by atoms with Crippen molar-refractivity contribution in [2.45, 2.75) is 40.0 Å². The Kier molecular flexibility index (Phi) is 7.19. The molecule has 0 unspecified atom stereocenters. The van der Waals surface area contributed by atoms with Crippen LogP contribution in [0, 0.1) is 13.8 Å². The van der Waals surface area contributed by atoms with E-state index >= 15 is 0 Å². The van der Waals surface area contributed by atoms with E-state index in [1.54, 1.807) is 11.0 Å². The first-order valence-corrected chi connectivity index (χ1v) is 12.6. The van der Waals surface area contributed by atoms with Gasteiger partial charge < -0.3 is 5.32 Å². The third-order valence-corrected chi connectivity index (χ3v) is 7.48. The number of fused-ring (bicyclic) bond motifs is 1. The molecule has 6 nitrogen and oxygen atoms in total.